The summed E-state index contributed by atoms with van der Waals surface area (Å²) in [5.41, 5.74) is 1.49. The van der Waals surface area contributed by atoms with E-state index in [1.807, 2.05) is 19.9 Å². The topological polar surface area (TPSA) is 67.0 Å². The van der Waals surface area contributed by atoms with E-state index in [2.05, 4.69) is 15.5 Å². The molecule has 0 spiro atoms. The molecule has 0 radical (unpaired) electrons. The lowest BCUT2D eigenvalue weighted by Crippen LogP contribution is -2.25. The van der Waals surface area contributed by atoms with Gasteiger partial charge in [-0.05, 0) is 12.0 Å². The molecule has 0 aliphatic heterocycles. The fourth-order valence-corrected chi connectivity index (χ4v) is 1.29. The molecule has 1 aromatic heterocycles. The lowest BCUT2D eigenvalue weighted by atomic mass is 10.1. The Morgan fingerprint density at radius 1 is 1.56 bits per heavy atom. The molecule has 0 atom stereocenters. The molecule has 90 valence electrons. The quantitative estimate of drug-likeness (QED) is 0.697. The van der Waals surface area contributed by atoms with Gasteiger partial charge in [0.1, 0.15) is 0 Å². The smallest absolute Gasteiger partial charge is 0.268 e. The molecule has 1 rings (SSSR count). The van der Waals surface area contributed by atoms with Gasteiger partial charge >= 0.3 is 0 Å². The Bertz CT molecular complexity index is 374. The summed E-state index contributed by atoms with van der Waals surface area (Å²) in [5, 5.41) is 9.64. The van der Waals surface area contributed by atoms with Gasteiger partial charge in [-0.1, -0.05) is 13.8 Å². The first-order chi connectivity index (χ1) is 7.65. The van der Waals surface area contributed by atoms with Crippen LogP contribution in [0.2, 0.25) is 0 Å². The number of nitrogens with one attached hydrogen (secondary N) is 2. The standard InChI is InChI=1S/C11H19N3O2/c1-8(2)10-6-9(11(15)14-13-10)7-12-4-5-16-3/h6,8,12H,4-5,7H2,1-3H3,(H,14,15). The van der Waals surface area contributed by atoms with E-state index in [1.54, 1.807) is 7.11 Å². The first-order valence-corrected chi connectivity index (χ1v) is 5.43. The molecular formula is C11H19N3O2. The number of hydrogen-bond acceptors (Lipinski definition) is 4. The van der Waals surface area contributed by atoms with Crippen molar-refractivity contribution in [2.45, 2.75) is 26.3 Å². The van der Waals surface area contributed by atoms with E-state index in [1.165, 1.54) is 0 Å². The average molecular weight is 225 g/mol. The van der Waals surface area contributed by atoms with Crippen molar-refractivity contribution in [3.63, 3.8) is 0 Å². The Kier molecular flexibility index (Phi) is 5.14. The molecule has 5 nitrogen and oxygen atoms in total. The molecule has 16 heavy (non-hydrogen) atoms. The van der Waals surface area contributed by atoms with Gasteiger partial charge in [0.15, 0.2) is 0 Å². The van der Waals surface area contributed by atoms with Crippen LogP contribution in [0.5, 0.6) is 0 Å². The summed E-state index contributed by atoms with van der Waals surface area (Å²) < 4.78 is 4.91. The van der Waals surface area contributed by atoms with E-state index in [0.717, 1.165) is 17.8 Å². The monoisotopic (exact) mass is 225 g/mol. The van der Waals surface area contributed by atoms with Crippen molar-refractivity contribution in [2.75, 3.05) is 20.3 Å². The van der Waals surface area contributed by atoms with Crippen LogP contribution in [0.25, 0.3) is 0 Å². The zero-order valence-corrected chi connectivity index (χ0v) is 10.0. The molecule has 1 aromatic rings. The third kappa shape index (κ3) is 3.75. The molecule has 0 aliphatic carbocycles. The van der Waals surface area contributed by atoms with Gasteiger partial charge in [0, 0.05) is 25.8 Å². The number of methoxy groups -OCH3 is 1. The number of aromatic nitrogens is 2. The largest absolute Gasteiger partial charge is 0.383 e. The minimum atomic E-state index is -0.130. The minimum absolute atomic E-state index is 0.130. The molecule has 2 N–H and O–H groups in total. The van der Waals surface area contributed by atoms with Crippen LogP contribution < -0.4 is 10.9 Å². The van der Waals surface area contributed by atoms with Gasteiger partial charge in [-0.15, -0.1) is 0 Å². The van der Waals surface area contributed by atoms with Crippen LogP contribution in [0, 0.1) is 0 Å². The molecule has 0 aromatic carbocycles. The molecule has 0 saturated heterocycles. The zero-order chi connectivity index (χ0) is 12.0. The predicted molar refractivity (Wildman–Crippen MR) is 62.5 cm³/mol. The van der Waals surface area contributed by atoms with Gasteiger partial charge in [0.25, 0.3) is 5.56 Å². The molecule has 1 heterocycles. The summed E-state index contributed by atoms with van der Waals surface area (Å²) in [5.74, 6) is 0.314. The lowest BCUT2D eigenvalue weighted by molar-refractivity contribution is 0.199. The van der Waals surface area contributed by atoms with Crippen molar-refractivity contribution in [1.82, 2.24) is 15.5 Å². The Hall–Kier alpha value is -1.20. The number of hydrogen-bond donors (Lipinski definition) is 2. The third-order valence-electron chi connectivity index (χ3n) is 2.29. The van der Waals surface area contributed by atoms with Crippen LogP contribution in [0.15, 0.2) is 10.9 Å². The summed E-state index contributed by atoms with van der Waals surface area (Å²) in [6.07, 6.45) is 0. The second-order valence-corrected chi connectivity index (χ2v) is 3.97. The van der Waals surface area contributed by atoms with E-state index >= 15 is 0 Å². The van der Waals surface area contributed by atoms with Crippen molar-refractivity contribution < 1.29 is 4.74 Å². The Morgan fingerprint density at radius 3 is 2.94 bits per heavy atom. The summed E-state index contributed by atoms with van der Waals surface area (Å²) >= 11 is 0. The van der Waals surface area contributed by atoms with Crippen LogP contribution in [0.1, 0.15) is 31.0 Å². The van der Waals surface area contributed by atoms with Crippen molar-refractivity contribution >= 4 is 0 Å². The third-order valence-corrected chi connectivity index (χ3v) is 2.29. The average Bonchev–Trinajstić information content (AvgIpc) is 2.26. The first-order valence-electron chi connectivity index (χ1n) is 5.43. The van der Waals surface area contributed by atoms with Gasteiger partial charge in [-0.3, -0.25) is 4.79 Å². The highest BCUT2D eigenvalue weighted by molar-refractivity contribution is 5.15. The van der Waals surface area contributed by atoms with Crippen molar-refractivity contribution in [3.05, 3.63) is 27.7 Å². The number of ether oxygens (including phenoxy) is 1. The van der Waals surface area contributed by atoms with Gasteiger partial charge in [0.05, 0.1) is 12.3 Å². The molecule has 0 unspecified atom stereocenters. The molecule has 0 amide bonds. The molecule has 0 saturated carbocycles. The first kappa shape index (κ1) is 12.9. The van der Waals surface area contributed by atoms with Gasteiger partial charge in [0.2, 0.25) is 0 Å². The van der Waals surface area contributed by atoms with E-state index in [4.69, 9.17) is 4.74 Å². The molecular weight excluding hydrogens is 206 g/mol. The van der Waals surface area contributed by atoms with Crippen molar-refractivity contribution in [2.24, 2.45) is 0 Å². The molecule has 5 heteroatoms. The Labute approximate surface area is 95.2 Å². The lowest BCUT2D eigenvalue weighted by Gasteiger charge is -2.07. The maximum Gasteiger partial charge on any atom is 0.268 e. The van der Waals surface area contributed by atoms with Gasteiger partial charge in [-0.25, -0.2) is 5.10 Å². The zero-order valence-electron chi connectivity index (χ0n) is 10.0. The van der Waals surface area contributed by atoms with E-state index in [-0.39, 0.29) is 5.56 Å². The van der Waals surface area contributed by atoms with Crippen LogP contribution in [-0.4, -0.2) is 30.5 Å². The minimum Gasteiger partial charge on any atom is -0.383 e. The maximum absolute atomic E-state index is 11.5. The Morgan fingerprint density at radius 2 is 2.31 bits per heavy atom. The fourth-order valence-electron chi connectivity index (χ4n) is 1.29. The highest BCUT2D eigenvalue weighted by Gasteiger charge is 2.05. The normalized spacial score (nSPS) is 11.0. The van der Waals surface area contributed by atoms with E-state index < -0.39 is 0 Å². The summed E-state index contributed by atoms with van der Waals surface area (Å²) in [6.45, 7) is 6.00. The fraction of sp³-hybridized carbons (Fsp3) is 0.636. The Balaban J connectivity index is 2.63. The number of rotatable bonds is 6. The summed E-state index contributed by atoms with van der Waals surface area (Å²) in [6, 6.07) is 1.85. The second kappa shape index (κ2) is 6.40. The van der Waals surface area contributed by atoms with Crippen molar-refractivity contribution in [3.8, 4) is 0 Å². The molecule has 0 aliphatic rings. The van der Waals surface area contributed by atoms with Crippen LogP contribution in [0.4, 0.5) is 0 Å². The van der Waals surface area contributed by atoms with E-state index in [9.17, 15) is 4.79 Å². The SMILES string of the molecule is COCCNCc1cc(C(C)C)n[nH]c1=O. The molecule has 0 bridgehead atoms. The van der Waals surface area contributed by atoms with Crippen LogP contribution in [-0.2, 0) is 11.3 Å². The number of H-pyrrole nitrogens is 1. The second-order valence-electron chi connectivity index (χ2n) is 3.97. The van der Waals surface area contributed by atoms with Gasteiger partial charge in [-0.2, -0.15) is 5.10 Å². The number of nitrogens with zero attached hydrogens (tertiary/aromatic N) is 1. The number of aromatic amines is 1. The highest BCUT2D eigenvalue weighted by atomic mass is 16.5. The van der Waals surface area contributed by atoms with E-state index in [0.29, 0.717) is 19.1 Å². The highest BCUT2D eigenvalue weighted by Crippen LogP contribution is 2.09. The molecule has 0 fully saturated rings. The van der Waals surface area contributed by atoms with Gasteiger partial charge < -0.3 is 10.1 Å². The summed E-state index contributed by atoms with van der Waals surface area (Å²) in [4.78, 5) is 11.5. The van der Waals surface area contributed by atoms with Crippen LogP contribution in [0.3, 0.4) is 0 Å². The van der Waals surface area contributed by atoms with Crippen molar-refractivity contribution in [1.29, 1.82) is 0 Å². The predicted octanol–water partition coefficient (Wildman–Crippen LogP) is 0.629. The summed E-state index contributed by atoms with van der Waals surface area (Å²) in [7, 11) is 1.65. The maximum atomic E-state index is 11.5. The van der Waals surface area contributed by atoms with Crippen LogP contribution >= 0.6 is 0 Å².